The zero-order chi connectivity index (χ0) is 46.5. The summed E-state index contributed by atoms with van der Waals surface area (Å²) >= 11 is 0. The second-order valence-electron chi connectivity index (χ2n) is 18.2. The largest absolute Gasteiger partial charge is 0.507 e. The summed E-state index contributed by atoms with van der Waals surface area (Å²) in [7, 11) is 0. The summed E-state index contributed by atoms with van der Waals surface area (Å²) in [6.07, 6.45) is 1.79. The maximum atomic E-state index is 12.3. The van der Waals surface area contributed by atoms with Crippen molar-refractivity contribution in [2.75, 3.05) is 0 Å². The maximum absolute atomic E-state index is 12.3. The number of phenols is 1. The number of phenolic OH excluding ortho intramolecular Hbond substituents is 1. The third-order valence-electron chi connectivity index (χ3n) is 12.0. The number of imidazole rings is 1. The number of rotatable bonds is 9. The number of hydrogen-bond donors (Lipinski definition) is 1. The van der Waals surface area contributed by atoms with Crippen LogP contribution >= 0.6 is 0 Å². The van der Waals surface area contributed by atoms with Gasteiger partial charge in [0.05, 0.1) is 16.6 Å². The van der Waals surface area contributed by atoms with Crippen LogP contribution in [-0.4, -0.2) is 19.6 Å². The molecule has 0 aliphatic rings. The molecule has 0 radical (unpaired) electrons. The van der Waals surface area contributed by atoms with Crippen LogP contribution in [0.4, 0.5) is 0 Å². The van der Waals surface area contributed by atoms with Crippen LogP contribution in [0.2, 0.25) is 0 Å². The second-order valence-corrected chi connectivity index (χ2v) is 18.2. The summed E-state index contributed by atoms with van der Waals surface area (Å²) in [4.78, 5) is 10.5. The maximum Gasteiger partial charge on any atom is 0.148 e. The Morgan fingerprint density at radius 3 is 1.91 bits per heavy atom. The number of nitrogens with zero attached hydrogens (tertiary/aromatic N) is 3. The zero-order valence-corrected chi connectivity index (χ0v) is 39.6. The summed E-state index contributed by atoms with van der Waals surface area (Å²) in [6, 6.07) is 57.3. The molecule has 322 valence electrons. The van der Waals surface area contributed by atoms with Crippen LogP contribution in [0.3, 0.4) is 0 Å². The molecule has 9 rings (SSSR count). The van der Waals surface area contributed by atoms with Crippen LogP contribution in [0.5, 0.6) is 5.75 Å². The third-order valence-corrected chi connectivity index (χ3v) is 12.0. The van der Waals surface area contributed by atoms with E-state index in [0.29, 0.717) is 17.0 Å². The van der Waals surface area contributed by atoms with Crippen LogP contribution in [0.15, 0.2) is 164 Å². The van der Waals surface area contributed by atoms with Gasteiger partial charge in [-0.25, -0.2) is 4.98 Å². The van der Waals surface area contributed by atoms with Gasteiger partial charge in [-0.3, -0.25) is 9.55 Å². The van der Waals surface area contributed by atoms with Gasteiger partial charge in [0.2, 0.25) is 0 Å². The summed E-state index contributed by atoms with van der Waals surface area (Å²) in [5.74, 6) is 1.20. The monoisotopic (exact) mass is 1020 g/mol. The molecule has 7 aromatic carbocycles. The Morgan fingerprint density at radius 2 is 1.27 bits per heavy atom. The summed E-state index contributed by atoms with van der Waals surface area (Å²) in [5.41, 5.74) is 16.0. The van der Waals surface area contributed by atoms with Gasteiger partial charge in [-0.1, -0.05) is 186 Å². The van der Waals surface area contributed by atoms with Crippen molar-refractivity contribution >= 4 is 11.0 Å². The SMILES string of the molecule is [2H]C([2H])([2H])c1ccc(-c2ccnc(-c3[c-]c(-c4cccc5c4nc(-c4cc(C(C)C)cc(C(C)C)c4O)n5-c4cc(-c5ccccc5)cc(C(C)(C)C)c4)cc(-c4ccccc4)c3)c2)cc1.[Pt]. The van der Waals surface area contributed by atoms with Gasteiger partial charge >= 0.3 is 0 Å². The fraction of sp³-hybridized carbons (Fsp3) is 0.186. The Hall–Kier alpha value is -6.35. The normalized spacial score (nSPS) is 12.5. The van der Waals surface area contributed by atoms with E-state index in [0.717, 1.165) is 83.6 Å². The molecule has 0 aliphatic carbocycles. The molecule has 0 saturated heterocycles. The molecule has 64 heavy (non-hydrogen) atoms. The number of fused-ring (bicyclic) bond motifs is 1. The quantitative estimate of drug-likeness (QED) is 0.147. The minimum Gasteiger partial charge on any atom is -0.507 e. The van der Waals surface area contributed by atoms with E-state index < -0.39 is 6.85 Å². The van der Waals surface area contributed by atoms with E-state index >= 15 is 0 Å². The van der Waals surface area contributed by atoms with Crippen molar-refractivity contribution in [3.8, 4) is 78.6 Å². The van der Waals surface area contributed by atoms with E-state index in [1.807, 2.05) is 48.5 Å². The first-order valence-corrected chi connectivity index (χ1v) is 21.8. The molecule has 1 N–H and O–H groups in total. The predicted molar refractivity (Wildman–Crippen MR) is 264 cm³/mol. The van der Waals surface area contributed by atoms with E-state index in [9.17, 15) is 5.11 Å². The van der Waals surface area contributed by atoms with Crippen LogP contribution in [-0.2, 0) is 26.5 Å². The molecule has 0 amide bonds. The fourth-order valence-corrected chi connectivity index (χ4v) is 8.42. The first-order valence-electron chi connectivity index (χ1n) is 23.3. The van der Waals surface area contributed by atoms with Gasteiger partial charge in [0, 0.05) is 42.8 Å². The minimum absolute atomic E-state index is 0. The number of aryl methyl sites for hydroxylation is 1. The van der Waals surface area contributed by atoms with E-state index in [1.54, 1.807) is 18.3 Å². The topological polar surface area (TPSA) is 50.9 Å². The van der Waals surface area contributed by atoms with Crippen molar-refractivity contribution in [3.63, 3.8) is 0 Å². The average molecular weight is 1020 g/mol. The average Bonchev–Trinajstić information content (AvgIpc) is 3.71. The fourth-order valence-electron chi connectivity index (χ4n) is 8.42. The number of benzene rings is 7. The molecular formula is C59H54N3OPt-. The van der Waals surface area contributed by atoms with E-state index in [-0.39, 0.29) is 44.1 Å². The van der Waals surface area contributed by atoms with Gasteiger partial charge in [-0.2, -0.15) is 0 Å². The predicted octanol–water partition coefficient (Wildman–Crippen LogP) is 15.8. The number of aromatic nitrogens is 3. The van der Waals surface area contributed by atoms with E-state index in [2.05, 4.69) is 156 Å². The molecule has 2 heterocycles. The van der Waals surface area contributed by atoms with Crippen molar-refractivity contribution in [2.45, 2.75) is 72.6 Å². The molecule has 0 saturated carbocycles. The van der Waals surface area contributed by atoms with E-state index in [1.165, 1.54) is 5.56 Å². The smallest absolute Gasteiger partial charge is 0.148 e. The molecule has 4 nitrogen and oxygen atoms in total. The summed E-state index contributed by atoms with van der Waals surface area (Å²) in [6.45, 7) is 13.2. The van der Waals surface area contributed by atoms with Crippen molar-refractivity contribution in [1.82, 2.24) is 14.5 Å². The molecule has 9 aromatic rings. The number of aromatic hydroxyl groups is 1. The zero-order valence-electron chi connectivity index (χ0n) is 40.3. The van der Waals surface area contributed by atoms with Crippen LogP contribution < -0.4 is 0 Å². The molecule has 0 aliphatic heterocycles. The van der Waals surface area contributed by atoms with Gasteiger partial charge in [-0.05, 0) is 98.9 Å². The van der Waals surface area contributed by atoms with Crippen molar-refractivity contribution < 1.29 is 30.3 Å². The molecule has 2 aromatic heterocycles. The van der Waals surface area contributed by atoms with Gasteiger partial charge < -0.3 is 5.11 Å². The molecule has 5 heteroatoms. The van der Waals surface area contributed by atoms with Gasteiger partial charge in [0.15, 0.2) is 0 Å². The Bertz CT molecular complexity index is 3220. The molecule has 0 bridgehead atoms. The van der Waals surface area contributed by atoms with Crippen molar-refractivity contribution in [2.24, 2.45) is 0 Å². The van der Waals surface area contributed by atoms with Gasteiger partial charge in [0.1, 0.15) is 11.6 Å². The minimum atomic E-state index is -2.18. The Kier molecular flexibility index (Phi) is 11.4. The van der Waals surface area contributed by atoms with Crippen LogP contribution in [0.25, 0.3) is 83.9 Å². The number of para-hydroxylation sites is 1. The Labute approximate surface area is 397 Å². The Morgan fingerprint density at radius 1 is 0.609 bits per heavy atom. The molecule has 0 unspecified atom stereocenters. The third kappa shape index (κ3) is 8.77. The summed E-state index contributed by atoms with van der Waals surface area (Å²) in [5, 5.41) is 12.3. The summed E-state index contributed by atoms with van der Waals surface area (Å²) < 4.78 is 25.8. The number of pyridine rings is 1. The van der Waals surface area contributed by atoms with Crippen LogP contribution in [0, 0.1) is 12.9 Å². The molecule has 0 atom stereocenters. The van der Waals surface area contributed by atoms with E-state index in [4.69, 9.17) is 14.1 Å². The molecular weight excluding hydrogens is 962 g/mol. The van der Waals surface area contributed by atoms with Crippen LogP contribution in [0.1, 0.15) is 86.7 Å². The van der Waals surface area contributed by atoms with Crippen molar-refractivity contribution in [3.05, 3.63) is 192 Å². The van der Waals surface area contributed by atoms with Crippen molar-refractivity contribution in [1.29, 1.82) is 0 Å². The second kappa shape index (κ2) is 18.0. The first kappa shape index (κ1) is 40.4. The molecule has 0 fully saturated rings. The first-order chi connectivity index (χ1) is 31.5. The number of hydrogen-bond acceptors (Lipinski definition) is 3. The van der Waals surface area contributed by atoms with Gasteiger partial charge in [0.25, 0.3) is 0 Å². The Balaban J connectivity index is 0.00000608. The van der Waals surface area contributed by atoms with Gasteiger partial charge in [-0.15, -0.1) is 23.8 Å². The standard InChI is InChI=1S/C59H54N3O.Pt/c1-37(2)44-33-52(38(3)4)57(63)53(34-44)58-61-56-51(20-15-21-55(56)62(58)50-32-46(41-18-13-10-14-19-41)31-49(36-50)59(6,7)8)47-28-45(40-16-11-9-12-17-40)29-48(30-47)54-35-43(26-27-60-54)42-24-22-39(5)23-25-42;/h9-29,31-38,63H,1-8H3;/q-1;/i5D3;. The molecule has 0 spiro atoms.